The molecule has 0 unspecified atom stereocenters. The summed E-state index contributed by atoms with van der Waals surface area (Å²) in [6.07, 6.45) is 3.31. The van der Waals surface area contributed by atoms with E-state index < -0.39 is 4.92 Å². The van der Waals surface area contributed by atoms with Gasteiger partial charge < -0.3 is 4.90 Å². The molecule has 0 fully saturated rings. The molecule has 0 saturated carbocycles. The number of aromatic nitrogens is 4. The van der Waals surface area contributed by atoms with Crippen LogP contribution in [0.5, 0.6) is 0 Å². The number of hydrogen-bond donors (Lipinski definition) is 0. The van der Waals surface area contributed by atoms with E-state index >= 15 is 0 Å². The number of rotatable bonds is 7. The number of carbonyl (C=O) groups excluding carboxylic acids is 1. The molecule has 0 aliphatic carbocycles. The van der Waals surface area contributed by atoms with Crippen LogP contribution in [0.3, 0.4) is 0 Å². The first kappa shape index (κ1) is 16.7. The largest absolute Gasteiger partial charge is 0.340 e. The number of nitrogens with zero attached hydrogens (tertiary/aromatic N) is 6. The van der Waals surface area contributed by atoms with E-state index in [4.69, 9.17) is 0 Å². The summed E-state index contributed by atoms with van der Waals surface area (Å²) in [5, 5.41) is 19.1. The van der Waals surface area contributed by atoms with Crippen LogP contribution in [-0.2, 0) is 24.4 Å². The lowest BCUT2D eigenvalue weighted by molar-refractivity contribution is -0.385. The van der Waals surface area contributed by atoms with Crippen LogP contribution >= 0.6 is 0 Å². The molecule has 0 spiro atoms. The molecule has 0 aromatic carbocycles. The molecule has 0 aliphatic rings. The smallest absolute Gasteiger partial charge is 0.309 e. The van der Waals surface area contributed by atoms with Crippen molar-refractivity contribution < 1.29 is 9.72 Å². The van der Waals surface area contributed by atoms with Crippen LogP contribution in [0.25, 0.3) is 0 Å². The van der Waals surface area contributed by atoms with Crippen LogP contribution < -0.4 is 0 Å². The summed E-state index contributed by atoms with van der Waals surface area (Å²) < 4.78 is 3.29. The van der Waals surface area contributed by atoms with Gasteiger partial charge in [0.15, 0.2) is 0 Å². The van der Waals surface area contributed by atoms with Crippen molar-refractivity contribution in [1.82, 2.24) is 24.5 Å². The number of nitro groups is 1. The molecular formula is C14H20N6O3. The van der Waals surface area contributed by atoms with Gasteiger partial charge in [-0.2, -0.15) is 10.2 Å². The minimum atomic E-state index is -0.475. The maximum absolute atomic E-state index is 12.2. The van der Waals surface area contributed by atoms with Crippen molar-refractivity contribution in [3.05, 3.63) is 40.0 Å². The molecule has 0 N–H and O–H groups in total. The summed E-state index contributed by atoms with van der Waals surface area (Å²) in [5.41, 5.74) is 1.25. The van der Waals surface area contributed by atoms with Gasteiger partial charge in [-0.15, -0.1) is 0 Å². The molecule has 2 aromatic heterocycles. The molecule has 9 heteroatoms. The van der Waals surface area contributed by atoms with Crippen LogP contribution in [0.1, 0.15) is 24.7 Å². The monoisotopic (exact) mass is 320 g/mol. The van der Waals surface area contributed by atoms with Crippen molar-refractivity contribution in [3.63, 3.8) is 0 Å². The molecule has 23 heavy (non-hydrogen) atoms. The summed E-state index contributed by atoms with van der Waals surface area (Å²) in [4.78, 5) is 24.1. The fourth-order valence-corrected chi connectivity index (χ4v) is 2.23. The fourth-order valence-electron chi connectivity index (χ4n) is 2.23. The minimum absolute atomic E-state index is 0.0316. The SMILES string of the molecule is CCn1ccc(CN(C)C(=O)CCn2ncc([N+](=O)[O-])c2C)n1. The molecule has 2 aromatic rings. The van der Waals surface area contributed by atoms with Crippen molar-refractivity contribution in [2.45, 2.75) is 39.9 Å². The Morgan fingerprint density at radius 3 is 2.78 bits per heavy atom. The quantitative estimate of drug-likeness (QED) is 0.566. The van der Waals surface area contributed by atoms with Crippen molar-refractivity contribution in [1.29, 1.82) is 0 Å². The van der Waals surface area contributed by atoms with Gasteiger partial charge in [-0.05, 0) is 19.9 Å². The first-order valence-electron chi connectivity index (χ1n) is 7.35. The highest BCUT2D eigenvalue weighted by atomic mass is 16.6. The molecule has 0 aliphatic heterocycles. The van der Waals surface area contributed by atoms with Crippen molar-refractivity contribution in [2.24, 2.45) is 0 Å². The molecule has 1 amide bonds. The Balaban J connectivity index is 1.90. The van der Waals surface area contributed by atoms with E-state index in [1.54, 1.807) is 23.6 Å². The van der Waals surface area contributed by atoms with Gasteiger partial charge in [0, 0.05) is 26.2 Å². The van der Waals surface area contributed by atoms with Gasteiger partial charge in [-0.1, -0.05) is 0 Å². The zero-order chi connectivity index (χ0) is 17.0. The normalized spacial score (nSPS) is 10.7. The topological polar surface area (TPSA) is 99.1 Å². The summed E-state index contributed by atoms with van der Waals surface area (Å²) in [6.45, 7) is 5.15. The highest BCUT2D eigenvalue weighted by Gasteiger charge is 2.17. The summed E-state index contributed by atoms with van der Waals surface area (Å²) in [5.74, 6) is -0.0615. The van der Waals surface area contributed by atoms with Gasteiger partial charge >= 0.3 is 5.69 Å². The predicted molar refractivity (Wildman–Crippen MR) is 82.6 cm³/mol. The third-order valence-electron chi connectivity index (χ3n) is 3.66. The third kappa shape index (κ3) is 3.93. The van der Waals surface area contributed by atoms with Gasteiger partial charge in [0.25, 0.3) is 0 Å². The van der Waals surface area contributed by atoms with Crippen LogP contribution in [0.2, 0.25) is 0 Å². The molecular weight excluding hydrogens is 300 g/mol. The van der Waals surface area contributed by atoms with E-state index in [1.165, 1.54) is 10.9 Å². The molecule has 0 saturated heterocycles. The van der Waals surface area contributed by atoms with Gasteiger partial charge in [-0.25, -0.2) is 0 Å². The first-order chi connectivity index (χ1) is 10.9. The second-order valence-corrected chi connectivity index (χ2v) is 5.26. The molecule has 2 heterocycles. The van der Waals surface area contributed by atoms with E-state index in [2.05, 4.69) is 10.2 Å². The van der Waals surface area contributed by atoms with E-state index in [-0.39, 0.29) is 18.0 Å². The average molecular weight is 320 g/mol. The lowest BCUT2D eigenvalue weighted by Crippen LogP contribution is -2.27. The highest BCUT2D eigenvalue weighted by molar-refractivity contribution is 5.75. The molecule has 9 nitrogen and oxygen atoms in total. The van der Waals surface area contributed by atoms with Gasteiger partial charge in [0.2, 0.25) is 5.91 Å². The number of hydrogen-bond acceptors (Lipinski definition) is 5. The van der Waals surface area contributed by atoms with E-state index in [0.717, 1.165) is 12.2 Å². The maximum atomic E-state index is 12.2. The zero-order valence-electron chi connectivity index (χ0n) is 13.5. The van der Waals surface area contributed by atoms with E-state index in [9.17, 15) is 14.9 Å². The predicted octanol–water partition coefficient (Wildman–Crippen LogP) is 1.36. The van der Waals surface area contributed by atoms with E-state index in [1.807, 2.05) is 19.2 Å². The van der Waals surface area contributed by atoms with Crippen molar-refractivity contribution in [3.8, 4) is 0 Å². The van der Waals surface area contributed by atoms with Crippen LogP contribution in [-0.4, -0.2) is 42.3 Å². The molecule has 0 radical (unpaired) electrons. The number of aryl methyl sites for hydroxylation is 2. The molecule has 0 bridgehead atoms. The summed E-state index contributed by atoms with van der Waals surface area (Å²) >= 11 is 0. The number of carbonyl (C=O) groups is 1. The standard InChI is InChI=1S/C14H20N6O3/c1-4-18-7-5-12(16-18)10-17(3)14(21)6-8-19-11(2)13(9-15-19)20(22)23/h5,7,9H,4,6,8,10H2,1-3H3. The third-order valence-corrected chi connectivity index (χ3v) is 3.66. The summed E-state index contributed by atoms with van der Waals surface area (Å²) in [7, 11) is 1.71. The highest BCUT2D eigenvalue weighted by Crippen LogP contribution is 2.16. The van der Waals surface area contributed by atoms with Gasteiger partial charge in [0.05, 0.1) is 23.7 Å². The second-order valence-electron chi connectivity index (χ2n) is 5.26. The van der Waals surface area contributed by atoms with Gasteiger partial charge in [0.1, 0.15) is 11.9 Å². The zero-order valence-corrected chi connectivity index (χ0v) is 13.5. The van der Waals surface area contributed by atoms with Crippen molar-refractivity contribution in [2.75, 3.05) is 7.05 Å². The molecule has 2 rings (SSSR count). The molecule has 0 atom stereocenters. The van der Waals surface area contributed by atoms with Crippen molar-refractivity contribution >= 4 is 11.6 Å². The lowest BCUT2D eigenvalue weighted by atomic mass is 10.3. The Morgan fingerprint density at radius 2 is 2.22 bits per heavy atom. The Labute approximate surface area is 133 Å². The van der Waals surface area contributed by atoms with Gasteiger partial charge in [-0.3, -0.25) is 24.3 Å². The van der Waals surface area contributed by atoms with Crippen LogP contribution in [0.15, 0.2) is 18.5 Å². The fraction of sp³-hybridized carbons (Fsp3) is 0.500. The average Bonchev–Trinajstić information content (AvgIpc) is 3.11. The first-order valence-corrected chi connectivity index (χ1v) is 7.35. The Hall–Kier alpha value is -2.71. The Bertz CT molecular complexity index is 705. The lowest BCUT2D eigenvalue weighted by Gasteiger charge is -2.16. The molecule has 124 valence electrons. The Kier molecular flexibility index (Phi) is 5.09. The maximum Gasteiger partial charge on any atom is 0.309 e. The minimum Gasteiger partial charge on any atom is -0.340 e. The van der Waals surface area contributed by atoms with Crippen LogP contribution in [0, 0.1) is 17.0 Å². The Morgan fingerprint density at radius 1 is 1.48 bits per heavy atom. The van der Waals surface area contributed by atoms with Crippen LogP contribution in [0.4, 0.5) is 5.69 Å². The summed E-state index contributed by atoms with van der Waals surface area (Å²) in [6, 6.07) is 1.88. The number of amides is 1. The second kappa shape index (κ2) is 7.03. The van der Waals surface area contributed by atoms with E-state index in [0.29, 0.717) is 18.8 Å².